The fourth-order valence-corrected chi connectivity index (χ4v) is 2.55. The number of benzene rings is 2. The lowest BCUT2D eigenvalue weighted by Gasteiger charge is -2.16. The third-order valence-electron chi connectivity index (χ3n) is 3.69. The van der Waals surface area contributed by atoms with E-state index in [9.17, 15) is 4.79 Å². The average Bonchev–Trinajstić information content (AvgIpc) is 2.48. The maximum absolute atomic E-state index is 11.9. The van der Waals surface area contributed by atoms with E-state index in [1.54, 1.807) is 6.08 Å². The number of rotatable bonds is 2. The predicted octanol–water partition coefficient (Wildman–Crippen LogP) is 4.32. The molecule has 0 aromatic heterocycles. The van der Waals surface area contributed by atoms with Gasteiger partial charge in [-0.25, -0.2) is 0 Å². The zero-order valence-electron chi connectivity index (χ0n) is 12.1. The second-order valence-corrected chi connectivity index (χ2v) is 5.40. The molecule has 0 unspecified atom stereocenters. The van der Waals surface area contributed by atoms with Gasteiger partial charge >= 0.3 is 0 Å². The molecule has 0 aliphatic heterocycles. The molecule has 2 nitrogen and oxygen atoms in total. The van der Waals surface area contributed by atoms with Gasteiger partial charge in [0.1, 0.15) is 11.5 Å². The molecule has 0 spiro atoms. The van der Waals surface area contributed by atoms with Crippen LogP contribution in [-0.4, -0.2) is 5.78 Å². The highest BCUT2D eigenvalue weighted by atomic mass is 16.5. The molecule has 21 heavy (non-hydrogen) atoms. The molecule has 106 valence electrons. The number of hydrogen-bond acceptors (Lipinski definition) is 2. The van der Waals surface area contributed by atoms with Gasteiger partial charge in [-0.15, -0.1) is 0 Å². The molecular weight excluding hydrogens is 260 g/mol. The van der Waals surface area contributed by atoms with Gasteiger partial charge in [0, 0.05) is 18.1 Å². The van der Waals surface area contributed by atoms with Crippen molar-refractivity contribution in [2.24, 2.45) is 0 Å². The van der Waals surface area contributed by atoms with E-state index in [-0.39, 0.29) is 5.78 Å². The minimum Gasteiger partial charge on any atom is -0.457 e. The number of fused-ring (bicyclic) bond motifs is 1. The topological polar surface area (TPSA) is 26.3 Å². The fourth-order valence-electron chi connectivity index (χ4n) is 2.55. The lowest BCUT2D eigenvalue weighted by molar-refractivity contribution is -0.114. The van der Waals surface area contributed by atoms with E-state index < -0.39 is 0 Å². The van der Waals surface area contributed by atoms with Crippen LogP contribution in [0.2, 0.25) is 0 Å². The first-order valence-electron chi connectivity index (χ1n) is 7.30. The van der Waals surface area contributed by atoms with Crippen molar-refractivity contribution in [1.82, 2.24) is 0 Å². The van der Waals surface area contributed by atoms with Crippen molar-refractivity contribution in [2.75, 3.05) is 0 Å². The van der Waals surface area contributed by atoms with Gasteiger partial charge in [-0.05, 0) is 37.5 Å². The summed E-state index contributed by atoms with van der Waals surface area (Å²) >= 11 is 0. The standard InChI is InChI=1S/C19H18O2/c1-14-9-11-17(12-10-14)21-19-13-16(20)7-4-6-15-5-2-3-8-18(15)19/h2-3,5,8-13H,4,6-7H2,1H3/b19-13+. The molecule has 0 fully saturated rings. The fraction of sp³-hybridized carbons (Fsp3) is 0.211. The van der Waals surface area contributed by atoms with Crippen LogP contribution in [0.5, 0.6) is 5.75 Å². The molecule has 1 aliphatic rings. The van der Waals surface area contributed by atoms with Crippen molar-refractivity contribution in [2.45, 2.75) is 26.2 Å². The summed E-state index contributed by atoms with van der Waals surface area (Å²) in [4.78, 5) is 11.9. The van der Waals surface area contributed by atoms with Gasteiger partial charge in [0.2, 0.25) is 0 Å². The summed E-state index contributed by atoms with van der Waals surface area (Å²) in [6.45, 7) is 2.04. The Morgan fingerprint density at radius 1 is 0.952 bits per heavy atom. The molecule has 2 aromatic carbocycles. The van der Waals surface area contributed by atoms with Crippen molar-refractivity contribution in [1.29, 1.82) is 0 Å². The summed E-state index contributed by atoms with van der Waals surface area (Å²) in [6, 6.07) is 16.0. The van der Waals surface area contributed by atoms with E-state index in [4.69, 9.17) is 4.74 Å². The molecule has 0 atom stereocenters. The van der Waals surface area contributed by atoms with Crippen LogP contribution < -0.4 is 4.74 Å². The summed E-state index contributed by atoms with van der Waals surface area (Å²) in [5, 5.41) is 0. The molecule has 0 saturated heterocycles. The Morgan fingerprint density at radius 2 is 1.71 bits per heavy atom. The summed E-state index contributed by atoms with van der Waals surface area (Å²) in [6.07, 6.45) is 4.02. The molecular formula is C19H18O2. The third kappa shape index (κ3) is 3.22. The van der Waals surface area contributed by atoms with E-state index in [1.807, 2.05) is 49.4 Å². The molecule has 0 N–H and O–H groups in total. The molecule has 0 heterocycles. The molecule has 0 bridgehead atoms. The highest BCUT2D eigenvalue weighted by molar-refractivity contribution is 5.96. The second-order valence-electron chi connectivity index (χ2n) is 5.40. The van der Waals surface area contributed by atoms with E-state index in [0.717, 1.165) is 24.2 Å². The zero-order valence-corrected chi connectivity index (χ0v) is 12.1. The highest BCUT2D eigenvalue weighted by Crippen LogP contribution is 2.27. The SMILES string of the molecule is Cc1ccc(O/C2=C/C(=O)CCCc3ccccc32)cc1. The Bertz CT molecular complexity index is 681. The number of hydrogen-bond donors (Lipinski definition) is 0. The van der Waals surface area contributed by atoms with E-state index in [0.29, 0.717) is 12.2 Å². The van der Waals surface area contributed by atoms with Crippen molar-refractivity contribution >= 4 is 11.5 Å². The molecule has 0 saturated carbocycles. The lowest BCUT2D eigenvalue weighted by Crippen LogP contribution is -2.07. The van der Waals surface area contributed by atoms with Crippen LogP contribution >= 0.6 is 0 Å². The summed E-state index contributed by atoms with van der Waals surface area (Å²) in [5.74, 6) is 1.54. The first kappa shape index (κ1) is 13.6. The third-order valence-corrected chi connectivity index (χ3v) is 3.69. The molecule has 2 heteroatoms. The van der Waals surface area contributed by atoms with Crippen molar-refractivity contribution < 1.29 is 9.53 Å². The number of ether oxygens (including phenoxy) is 1. The van der Waals surface area contributed by atoms with Crippen molar-refractivity contribution in [3.8, 4) is 5.75 Å². The maximum atomic E-state index is 11.9. The Morgan fingerprint density at radius 3 is 2.52 bits per heavy atom. The molecule has 3 rings (SSSR count). The Labute approximate surface area is 125 Å². The lowest BCUT2D eigenvalue weighted by atomic mass is 9.96. The van der Waals surface area contributed by atoms with Crippen molar-refractivity contribution in [3.63, 3.8) is 0 Å². The quantitative estimate of drug-likeness (QED) is 0.817. The highest BCUT2D eigenvalue weighted by Gasteiger charge is 2.15. The monoisotopic (exact) mass is 278 g/mol. The Balaban J connectivity index is 1.99. The molecule has 0 amide bonds. The van der Waals surface area contributed by atoms with Gasteiger partial charge in [0.25, 0.3) is 0 Å². The normalized spacial score (nSPS) is 17.2. The maximum Gasteiger partial charge on any atom is 0.159 e. The van der Waals surface area contributed by atoms with Gasteiger partial charge in [0.05, 0.1) is 0 Å². The summed E-state index contributed by atoms with van der Waals surface area (Å²) in [7, 11) is 0. The van der Waals surface area contributed by atoms with Gasteiger partial charge in [-0.1, -0.05) is 42.0 Å². The number of ketones is 1. The van der Waals surface area contributed by atoms with Gasteiger partial charge in [-0.3, -0.25) is 4.79 Å². The molecule has 1 aliphatic carbocycles. The average molecular weight is 278 g/mol. The van der Waals surface area contributed by atoms with Crippen LogP contribution in [0, 0.1) is 6.92 Å². The predicted molar refractivity (Wildman–Crippen MR) is 84.2 cm³/mol. The minimum absolute atomic E-state index is 0.131. The van der Waals surface area contributed by atoms with E-state index in [2.05, 4.69) is 6.07 Å². The van der Waals surface area contributed by atoms with Crippen LogP contribution in [0.1, 0.15) is 29.5 Å². The first-order chi connectivity index (χ1) is 10.2. The number of carbonyl (C=O) groups excluding carboxylic acids is 1. The second kappa shape index (κ2) is 5.96. The molecule has 0 radical (unpaired) electrons. The van der Waals surface area contributed by atoms with Crippen LogP contribution in [-0.2, 0) is 11.2 Å². The zero-order chi connectivity index (χ0) is 14.7. The Kier molecular flexibility index (Phi) is 3.87. The largest absolute Gasteiger partial charge is 0.457 e. The molecule has 2 aromatic rings. The van der Waals surface area contributed by atoms with E-state index in [1.165, 1.54) is 11.1 Å². The van der Waals surface area contributed by atoms with Gasteiger partial charge in [-0.2, -0.15) is 0 Å². The van der Waals surface area contributed by atoms with Crippen LogP contribution in [0.25, 0.3) is 5.76 Å². The van der Waals surface area contributed by atoms with Gasteiger partial charge < -0.3 is 4.74 Å². The van der Waals surface area contributed by atoms with Crippen LogP contribution in [0.15, 0.2) is 54.6 Å². The van der Waals surface area contributed by atoms with Crippen LogP contribution in [0.4, 0.5) is 0 Å². The smallest absolute Gasteiger partial charge is 0.159 e. The summed E-state index contributed by atoms with van der Waals surface area (Å²) < 4.78 is 5.98. The van der Waals surface area contributed by atoms with Crippen molar-refractivity contribution in [3.05, 3.63) is 71.3 Å². The minimum atomic E-state index is 0.131. The number of carbonyl (C=O) groups is 1. The van der Waals surface area contributed by atoms with Crippen LogP contribution in [0.3, 0.4) is 0 Å². The van der Waals surface area contributed by atoms with E-state index >= 15 is 0 Å². The summed E-state index contributed by atoms with van der Waals surface area (Å²) in [5.41, 5.74) is 3.44. The Hall–Kier alpha value is -2.35. The first-order valence-corrected chi connectivity index (χ1v) is 7.30. The van der Waals surface area contributed by atoms with Gasteiger partial charge in [0.15, 0.2) is 5.78 Å². The number of allylic oxidation sites excluding steroid dienone is 1. The number of aryl methyl sites for hydroxylation is 2.